The van der Waals surface area contributed by atoms with E-state index in [0.717, 1.165) is 11.3 Å². The molecule has 0 aliphatic rings. The van der Waals surface area contributed by atoms with Gasteiger partial charge in [-0.1, -0.05) is 6.07 Å². The topological polar surface area (TPSA) is 16.1 Å². The molecule has 0 aliphatic carbocycles. The number of thiophene rings is 1. The molecule has 0 saturated carbocycles. The first-order valence-corrected chi connectivity index (χ1v) is 6.90. The summed E-state index contributed by atoms with van der Waals surface area (Å²) in [4.78, 5) is 7.71. The molecule has 2 heterocycles. The highest BCUT2D eigenvalue weighted by atomic mass is 35.5. The molecule has 0 aliphatic heterocycles. The minimum Gasteiger partial charge on any atom is -0.367 e. The zero-order valence-electron chi connectivity index (χ0n) is 9.93. The van der Waals surface area contributed by atoms with Gasteiger partial charge in [-0.2, -0.15) is 0 Å². The van der Waals surface area contributed by atoms with E-state index >= 15 is 0 Å². The van der Waals surface area contributed by atoms with E-state index in [1.807, 2.05) is 18.5 Å². The molecule has 0 aromatic carbocycles. The quantitative estimate of drug-likeness (QED) is 0.776. The van der Waals surface area contributed by atoms with Crippen LogP contribution in [0.4, 0.5) is 5.69 Å². The summed E-state index contributed by atoms with van der Waals surface area (Å²) >= 11 is 7.72. The molecule has 0 saturated heterocycles. The number of hydrogen-bond acceptors (Lipinski definition) is 3. The molecule has 2 nitrogen and oxygen atoms in total. The van der Waals surface area contributed by atoms with E-state index in [-0.39, 0.29) is 0 Å². The van der Waals surface area contributed by atoms with Gasteiger partial charge in [0, 0.05) is 35.6 Å². The van der Waals surface area contributed by atoms with Crippen LogP contribution >= 0.6 is 22.9 Å². The summed E-state index contributed by atoms with van der Waals surface area (Å²) in [5.41, 5.74) is 2.22. The lowest BCUT2D eigenvalue weighted by molar-refractivity contribution is 0.750. The van der Waals surface area contributed by atoms with Gasteiger partial charge in [-0.25, -0.2) is 0 Å². The van der Waals surface area contributed by atoms with Gasteiger partial charge in [-0.15, -0.1) is 22.9 Å². The maximum Gasteiger partial charge on any atom is 0.0603 e. The monoisotopic (exact) mass is 266 g/mol. The average Bonchev–Trinajstić information content (AvgIpc) is 2.90. The molecule has 0 spiro atoms. The molecule has 1 unspecified atom stereocenters. The third-order valence-electron chi connectivity index (χ3n) is 2.94. The molecule has 4 heteroatoms. The number of nitrogens with zero attached hydrogens (tertiary/aromatic N) is 2. The van der Waals surface area contributed by atoms with E-state index in [4.69, 9.17) is 11.6 Å². The van der Waals surface area contributed by atoms with E-state index in [1.165, 1.54) is 4.88 Å². The lowest BCUT2D eigenvalue weighted by Crippen LogP contribution is -2.22. The lowest BCUT2D eigenvalue weighted by atomic mass is 10.2. The second-order valence-electron chi connectivity index (χ2n) is 3.94. The van der Waals surface area contributed by atoms with Crippen LogP contribution in [0.5, 0.6) is 0 Å². The maximum absolute atomic E-state index is 5.94. The Bertz CT molecular complexity index is 470. The van der Waals surface area contributed by atoms with Crippen molar-refractivity contribution in [3.63, 3.8) is 0 Å². The van der Waals surface area contributed by atoms with Crippen LogP contribution in [0.2, 0.25) is 0 Å². The van der Waals surface area contributed by atoms with Crippen LogP contribution in [0.1, 0.15) is 23.4 Å². The van der Waals surface area contributed by atoms with Crippen LogP contribution < -0.4 is 4.90 Å². The third kappa shape index (κ3) is 2.61. The second kappa shape index (κ2) is 5.52. The van der Waals surface area contributed by atoms with Crippen molar-refractivity contribution in [1.29, 1.82) is 0 Å². The van der Waals surface area contributed by atoms with E-state index in [9.17, 15) is 0 Å². The highest BCUT2D eigenvalue weighted by Crippen LogP contribution is 2.30. The summed E-state index contributed by atoms with van der Waals surface area (Å²) in [6.07, 6.45) is 3.64. The lowest BCUT2D eigenvalue weighted by Gasteiger charge is -2.27. The summed E-state index contributed by atoms with van der Waals surface area (Å²) in [6.45, 7) is 2.20. The molecule has 2 aromatic rings. The van der Waals surface area contributed by atoms with Crippen molar-refractivity contribution in [1.82, 2.24) is 4.98 Å². The van der Waals surface area contributed by atoms with Gasteiger partial charge in [0.25, 0.3) is 0 Å². The van der Waals surface area contributed by atoms with Crippen molar-refractivity contribution in [3.05, 3.63) is 46.4 Å². The number of halogens is 1. The molecular weight excluding hydrogens is 252 g/mol. The van der Waals surface area contributed by atoms with Gasteiger partial charge >= 0.3 is 0 Å². The Morgan fingerprint density at radius 1 is 1.47 bits per heavy atom. The fourth-order valence-corrected chi connectivity index (χ4v) is 2.83. The van der Waals surface area contributed by atoms with Gasteiger partial charge < -0.3 is 4.90 Å². The Morgan fingerprint density at radius 3 is 2.94 bits per heavy atom. The van der Waals surface area contributed by atoms with Gasteiger partial charge in [0.15, 0.2) is 0 Å². The van der Waals surface area contributed by atoms with Gasteiger partial charge in [-0.3, -0.25) is 4.98 Å². The normalized spacial score (nSPS) is 12.4. The Labute approximate surface area is 111 Å². The van der Waals surface area contributed by atoms with Gasteiger partial charge in [0.1, 0.15) is 0 Å². The van der Waals surface area contributed by atoms with Crippen molar-refractivity contribution in [2.45, 2.75) is 18.8 Å². The molecule has 0 N–H and O–H groups in total. The molecule has 90 valence electrons. The molecule has 0 fully saturated rings. The van der Waals surface area contributed by atoms with Crippen molar-refractivity contribution in [3.8, 4) is 0 Å². The number of pyridine rings is 1. The van der Waals surface area contributed by atoms with Crippen molar-refractivity contribution >= 4 is 28.6 Å². The molecule has 0 radical (unpaired) electrons. The fraction of sp³-hybridized carbons (Fsp3) is 0.308. The number of anilines is 1. The van der Waals surface area contributed by atoms with Crippen LogP contribution in [-0.2, 0) is 5.88 Å². The van der Waals surface area contributed by atoms with Crippen molar-refractivity contribution in [2.24, 2.45) is 0 Å². The number of aromatic nitrogens is 1. The smallest absolute Gasteiger partial charge is 0.0603 e. The molecule has 0 amide bonds. The van der Waals surface area contributed by atoms with Gasteiger partial charge in [0.2, 0.25) is 0 Å². The summed E-state index contributed by atoms with van der Waals surface area (Å²) < 4.78 is 0. The second-order valence-corrected chi connectivity index (χ2v) is 5.19. The SMILES string of the molecule is CC(c1cccs1)N(C)c1ccncc1CCl. The van der Waals surface area contributed by atoms with E-state index in [1.54, 1.807) is 11.3 Å². The average molecular weight is 267 g/mol. The molecular formula is C13H15ClN2S. The van der Waals surface area contributed by atoms with Crippen LogP contribution in [-0.4, -0.2) is 12.0 Å². The van der Waals surface area contributed by atoms with E-state index < -0.39 is 0 Å². The standard InChI is InChI=1S/C13H15ClN2S/c1-10(13-4-3-7-17-13)16(2)12-5-6-15-9-11(12)8-14/h3-7,9-10H,8H2,1-2H3. The third-order valence-corrected chi connectivity index (χ3v) is 4.27. The van der Waals surface area contributed by atoms with Crippen LogP contribution in [0.3, 0.4) is 0 Å². The Balaban J connectivity index is 2.27. The summed E-state index contributed by atoms with van der Waals surface area (Å²) in [7, 11) is 2.09. The highest BCUT2D eigenvalue weighted by Gasteiger charge is 2.15. The minimum atomic E-state index is 0.347. The number of rotatable bonds is 4. The van der Waals surface area contributed by atoms with Gasteiger partial charge in [0.05, 0.1) is 11.9 Å². The first-order valence-electron chi connectivity index (χ1n) is 5.49. The maximum atomic E-state index is 5.94. The van der Waals surface area contributed by atoms with Gasteiger partial charge in [-0.05, 0) is 24.4 Å². The van der Waals surface area contributed by atoms with Crippen molar-refractivity contribution < 1.29 is 0 Å². The first kappa shape index (κ1) is 12.4. The molecule has 0 bridgehead atoms. The largest absolute Gasteiger partial charge is 0.367 e. The Hall–Kier alpha value is -1.06. The molecule has 1 atom stereocenters. The summed E-state index contributed by atoms with van der Waals surface area (Å²) in [6, 6.07) is 6.61. The number of hydrogen-bond donors (Lipinski definition) is 0. The number of alkyl halides is 1. The Kier molecular flexibility index (Phi) is 4.02. The highest BCUT2D eigenvalue weighted by molar-refractivity contribution is 7.10. The molecule has 17 heavy (non-hydrogen) atoms. The van der Waals surface area contributed by atoms with Crippen LogP contribution in [0, 0.1) is 0 Å². The Morgan fingerprint density at radius 2 is 2.29 bits per heavy atom. The van der Waals surface area contributed by atoms with E-state index in [2.05, 4.69) is 41.4 Å². The fourth-order valence-electron chi connectivity index (χ4n) is 1.80. The van der Waals surface area contributed by atoms with Crippen LogP contribution in [0.25, 0.3) is 0 Å². The zero-order valence-corrected chi connectivity index (χ0v) is 11.5. The zero-order chi connectivity index (χ0) is 12.3. The summed E-state index contributed by atoms with van der Waals surface area (Å²) in [5, 5.41) is 2.11. The van der Waals surface area contributed by atoms with Crippen LogP contribution in [0.15, 0.2) is 36.0 Å². The molecule has 2 aromatic heterocycles. The van der Waals surface area contributed by atoms with Crippen molar-refractivity contribution in [2.75, 3.05) is 11.9 Å². The molecule has 2 rings (SSSR count). The summed E-state index contributed by atoms with van der Waals surface area (Å²) in [5.74, 6) is 0.491. The first-order chi connectivity index (χ1) is 8.24. The van der Waals surface area contributed by atoms with E-state index in [0.29, 0.717) is 11.9 Å². The minimum absolute atomic E-state index is 0.347. The predicted molar refractivity (Wildman–Crippen MR) is 74.9 cm³/mol. The predicted octanol–water partition coefficient (Wildman–Crippen LogP) is 4.08.